The van der Waals surface area contributed by atoms with Crippen LogP contribution in [0.4, 0.5) is 0 Å². The maximum Gasteiger partial charge on any atom is 0.0150 e. The molecule has 0 aliphatic heterocycles. The van der Waals surface area contributed by atoms with Crippen molar-refractivity contribution in [1.29, 1.82) is 0 Å². The highest BCUT2D eigenvalue weighted by Gasteiger charge is 2.22. The van der Waals surface area contributed by atoms with E-state index in [4.69, 9.17) is 0 Å². The summed E-state index contributed by atoms with van der Waals surface area (Å²) in [7, 11) is 2.19. The van der Waals surface area contributed by atoms with Crippen molar-refractivity contribution in [2.24, 2.45) is 0 Å². The minimum Gasteiger partial charge on any atom is -0.299 e. The molecule has 0 heterocycles. The minimum absolute atomic E-state index is 0.355. The maximum atomic E-state index is 2.41. The zero-order chi connectivity index (χ0) is 10.4. The fourth-order valence-corrected chi connectivity index (χ4v) is 0.948. The van der Waals surface area contributed by atoms with Crippen LogP contribution in [0.25, 0.3) is 0 Å². The van der Waals surface area contributed by atoms with E-state index in [2.05, 4.69) is 46.6 Å². The standard InChI is InChI=1S/C9H21N.C2H6/c1-7-9(4,5)10(6)8(2)3;1-2/h8H,7H2,1-6H3;1-2H3. The fraction of sp³-hybridized carbons (Fsp3) is 1.00. The fourth-order valence-electron chi connectivity index (χ4n) is 0.948. The van der Waals surface area contributed by atoms with Crippen LogP contribution in [-0.2, 0) is 0 Å². The molecule has 12 heavy (non-hydrogen) atoms. The molecule has 0 saturated heterocycles. The van der Waals surface area contributed by atoms with Crippen molar-refractivity contribution < 1.29 is 0 Å². The molecule has 0 amide bonds. The van der Waals surface area contributed by atoms with Crippen LogP contribution < -0.4 is 0 Å². The van der Waals surface area contributed by atoms with Crippen molar-refractivity contribution in [3.05, 3.63) is 0 Å². The lowest BCUT2D eigenvalue weighted by Crippen LogP contribution is -2.44. The molecule has 1 heteroatoms. The molecule has 0 aliphatic carbocycles. The highest BCUT2D eigenvalue weighted by molar-refractivity contribution is 4.79. The predicted octanol–water partition coefficient (Wildman–Crippen LogP) is 3.54. The van der Waals surface area contributed by atoms with Gasteiger partial charge in [-0.15, -0.1) is 0 Å². The summed E-state index contributed by atoms with van der Waals surface area (Å²) in [5, 5.41) is 0. The van der Waals surface area contributed by atoms with E-state index < -0.39 is 0 Å². The molecule has 0 spiro atoms. The third-order valence-corrected chi connectivity index (χ3v) is 2.59. The smallest absolute Gasteiger partial charge is 0.0150 e. The Labute approximate surface area is 79.2 Å². The number of hydrogen-bond acceptors (Lipinski definition) is 1. The van der Waals surface area contributed by atoms with Crippen LogP contribution in [0.1, 0.15) is 54.9 Å². The van der Waals surface area contributed by atoms with Gasteiger partial charge in [-0.3, -0.25) is 4.90 Å². The molecular weight excluding hydrogens is 146 g/mol. The van der Waals surface area contributed by atoms with Crippen LogP contribution in [-0.4, -0.2) is 23.5 Å². The minimum atomic E-state index is 0.355. The Bertz CT molecular complexity index is 95.2. The van der Waals surface area contributed by atoms with Crippen LogP contribution in [0.5, 0.6) is 0 Å². The van der Waals surface area contributed by atoms with Gasteiger partial charge in [0.1, 0.15) is 0 Å². The SMILES string of the molecule is CC.CCC(C)(C)N(C)C(C)C. The number of rotatable bonds is 3. The van der Waals surface area contributed by atoms with Gasteiger partial charge in [0.25, 0.3) is 0 Å². The second-order valence-corrected chi connectivity index (χ2v) is 3.87. The summed E-state index contributed by atoms with van der Waals surface area (Å²) >= 11 is 0. The first-order valence-electron chi connectivity index (χ1n) is 5.14. The molecule has 0 aromatic carbocycles. The molecule has 0 radical (unpaired) electrons. The van der Waals surface area contributed by atoms with Gasteiger partial charge < -0.3 is 0 Å². The highest BCUT2D eigenvalue weighted by atomic mass is 15.2. The van der Waals surface area contributed by atoms with Crippen molar-refractivity contribution in [3.8, 4) is 0 Å². The quantitative estimate of drug-likeness (QED) is 0.631. The number of hydrogen-bond donors (Lipinski definition) is 0. The van der Waals surface area contributed by atoms with E-state index in [9.17, 15) is 0 Å². The summed E-state index contributed by atoms with van der Waals surface area (Å²) in [6.45, 7) is 15.3. The first kappa shape index (κ1) is 14.5. The molecule has 0 unspecified atom stereocenters. The second kappa shape index (κ2) is 6.47. The first-order valence-corrected chi connectivity index (χ1v) is 5.14. The summed E-state index contributed by atoms with van der Waals surface area (Å²) in [4.78, 5) is 2.41. The molecule has 0 aliphatic rings. The van der Waals surface area contributed by atoms with Gasteiger partial charge in [0.15, 0.2) is 0 Å². The van der Waals surface area contributed by atoms with Gasteiger partial charge in [-0.05, 0) is 41.2 Å². The molecule has 0 atom stereocenters. The van der Waals surface area contributed by atoms with Gasteiger partial charge in [-0.25, -0.2) is 0 Å². The summed E-state index contributed by atoms with van der Waals surface area (Å²) in [5.74, 6) is 0. The zero-order valence-corrected chi connectivity index (χ0v) is 10.2. The summed E-state index contributed by atoms with van der Waals surface area (Å²) in [5.41, 5.74) is 0.355. The third-order valence-electron chi connectivity index (χ3n) is 2.59. The second-order valence-electron chi connectivity index (χ2n) is 3.87. The van der Waals surface area contributed by atoms with E-state index in [-0.39, 0.29) is 0 Å². The Balaban J connectivity index is 0. The third kappa shape index (κ3) is 4.76. The molecule has 0 aromatic heterocycles. The summed E-state index contributed by atoms with van der Waals surface area (Å²) in [6.07, 6.45) is 1.21. The van der Waals surface area contributed by atoms with Crippen molar-refractivity contribution in [2.45, 2.75) is 66.5 Å². The monoisotopic (exact) mass is 173 g/mol. The zero-order valence-electron chi connectivity index (χ0n) is 10.2. The Kier molecular flexibility index (Phi) is 7.81. The first-order chi connectivity index (χ1) is 5.41. The topological polar surface area (TPSA) is 3.24 Å². The van der Waals surface area contributed by atoms with E-state index in [1.165, 1.54) is 6.42 Å². The van der Waals surface area contributed by atoms with Gasteiger partial charge in [-0.1, -0.05) is 20.8 Å². The molecule has 1 nitrogen and oxygen atoms in total. The average Bonchev–Trinajstić information content (AvgIpc) is 2.06. The lowest BCUT2D eigenvalue weighted by molar-refractivity contribution is 0.115. The summed E-state index contributed by atoms with van der Waals surface area (Å²) in [6, 6.07) is 0.648. The molecule has 76 valence electrons. The van der Waals surface area contributed by atoms with E-state index in [0.29, 0.717) is 11.6 Å². The van der Waals surface area contributed by atoms with E-state index in [1.807, 2.05) is 13.8 Å². The van der Waals surface area contributed by atoms with Crippen LogP contribution in [0.15, 0.2) is 0 Å². The Hall–Kier alpha value is -0.0400. The van der Waals surface area contributed by atoms with Crippen LogP contribution in [0.3, 0.4) is 0 Å². The van der Waals surface area contributed by atoms with Crippen molar-refractivity contribution in [2.75, 3.05) is 7.05 Å². The van der Waals surface area contributed by atoms with Crippen molar-refractivity contribution in [3.63, 3.8) is 0 Å². The molecule has 0 fully saturated rings. The normalized spacial score (nSPS) is 11.5. The highest BCUT2D eigenvalue weighted by Crippen LogP contribution is 2.18. The Morgan fingerprint density at radius 3 is 1.58 bits per heavy atom. The van der Waals surface area contributed by atoms with E-state index >= 15 is 0 Å². The maximum absolute atomic E-state index is 2.41. The van der Waals surface area contributed by atoms with Crippen LogP contribution >= 0.6 is 0 Å². The Morgan fingerprint density at radius 2 is 1.50 bits per heavy atom. The van der Waals surface area contributed by atoms with Gasteiger partial charge in [0.05, 0.1) is 0 Å². The molecule has 0 bridgehead atoms. The van der Waals surface area contributed by atoms with Gasteiger partial charge in [-0.2, -0.15) is 0 Å². The number of nitrogens with zero attached hydrogens (tertiary/aromatic N) is 1. The van der Waals surface area contributed by atoms with Crippen LogP contribution in [0.2, 0.25) is 0 Å². The van der Waals surface area contributed by atoms with E-state index in [0.717, 1.165) is 0 Å². The van der Waals surface area contributed by atoms with Gasteiger partial charge in [0.2, 0.25) is 0 Å². The van der Waals surface area contributed by atoms with Gasteiger partial charge >= 0.3 is 0 Å². The summed E-state index contributed by atoms with van der Waals surface area (Å²) < 4.78 is 0. The largest absolute Gasteiger partial charge is 0.299 e. The molecule has 0 N–H and O–H groups in total. The lowest BCUT2D eigenvalue weighted by Gasteiger charge is -2.37. The molecular formula is C11H27N. The van der Waals surface area contributed by atoms with E-state index in [1.54, 1.807) is 0 Å². The molecule has 0 aromatic rings. The predicted molar refractivity (Wildman–Crippen MR) is 58.6 cm³/mol. The van der Waals surface area contributed by atoms with Crippen molar-refractivity contribution >= 4 is 0 Å². The molecule has 0 rings (SSSR count). The average molecular weight is 173 g/mol. The lowest BCUT2D eigenvalue weighted by atomic mass is 9.98. The van der Waals surface area contributed by atoms with Crippen LogP contribution in [0, 0.1) is 0 Å². The molecule has 0 saturated carbocycles. The Morgan fingerprint density at radius 1 is 1.17 bits per heavy atom. The van der Waals surface area contributed by atoms with Gasteiger partial charge in [0, 0.05) is 11.6 Å². The van der Waals surface area contributed by atoms with Crippen molar-refractivity contribution in [1.82, 2.24) is 4.90 Å².